The van der Waals surface area contributed by atoms with Crippen LogP contribution in [-0.2, 0) is 35.1 Å². The van der Waals surface area contributed by atoms with Gasteiger partial charge in [-0.25, -0.2) is 4.79 Å². The molecule has 1 unspecified atom stereocenters. The minimum atomic E-state index is -1.05. The number of aliphatic carboxylic acids is 1. The van der Waals surface area contributed by atoms with Crippen LogP contribution in [0, 0.1) is 0 Å². The summed E-state index contributed by atoms with van der Waals surface area (Å²) in [5, 5.41) is 15.0. The van der Waals surface area contributed by atoms with Crippen molar-refractivity contribution in [3.8, 4) is 0 Å². The van der Waals surface area contributed by atoms with Gasteiger partial charge >= 0.3 is 5.97 Å². The molecule has 1 fully saturated rings. The van der Waals surface area contributed by atoms with Gasteiger partial charge in [0.2, 0.25) is 17.7 Å². The highest BCUT2D eigenvalue weighted by molar-refractivity contribution is 8.02. The fourth-order valence-corrected chi connectivity index (χ4v) is 6.40. The maximum atomic E-state index is 13.6. The number of nitrogens with one attached hydrogen (secondary N) is 2. The van der Waals surface area contributed by atoms with Crippen LogP contribution in [0.5, 0.6) is 0 Å². The van der Waals surface area contributed by atoms with Crippen LogP contribution in [0.15, 0.2) is 28.0 Å². The molecule has 1 aromatic rings. The summed E-state index contributed by atoms with van der Waals surface area (Å²) in [4.78, 5) is 53.0. The minimum absolute atomic E-state index is 0.0784. The van der Waals surface area contributed by atoms with E-state index in [0.29, 0.717) is 58.7 Å². The number of carboxylic acids is 1. The number of likely N-dealkylation sites (tertiary alicyclic amines) is 1. The first-order valence-electron chi connectivity index (χ1n) is 14.8. The van der Waals surface area contributed by atoms with Crippen molar-refractivity contribution in [1.82, 2.24) is 15.5 Å². The van der Waals surface area contributed by atoms with E-state index in [-0.39, 0.29) is 24.7 Å². The summed E-state index contributed by atoms with van der Waals surface area (Å²) in [6.45, 7) is 7.32. The Morgan fingerprint density at radius 3 is 2.41 bits per heavy atom. The van der Waals surface area contributed by atoms with E-state index in [1.54, 1.807) is 23.5 Å². The standard InChI is InChI=1S/C29H45N3O7S2/c1-4-38-15-17-40-25-12-11-22(20-26(25)41-18-16-39-5-2)19-23(28(35)32-14-8-9-24(32)29(36)37)31-27(34)10-6-7-13-30-21(3)33/h11-12,20,23-24H,4-10,13-19H2,1-3H3,(H,30,33)(H,31,34)(H,36,37)/t23-,24-/m0/s1/i13D/t13?,23-,24-. The van der Waals surface area contributed by atoms with Crippen molar-refractivity contribution in [2.24, 2.45) is 0 Å². The number of thioether (sulfide) groups is 2. The second-order valence-electron chi connectivity index (χ2n) is 9.52. The Kier molecular flexibility index (Phi) is 16.0. The first-order valence-corrected chi connectivity index (χ1v) is 16.2. The van der Waals surface area contributed by atoms with E-state index in [1.165, 1.54) is 11.8 Å². The van der Waals surface area contributed by atoms with Crippen LogP contribution >= 0.6 is 23.5 Å². The number of carbonyl (C=O) groups excluding carboxylic acids is 3. The van der Waals surface area contributed by atoms with Crippen LogP contribution in [0.25, 0.3) is 0 Å². The normalized spacial score (nSPS) is 16.6. The molecule has 3 atom stereocenters. The average Bonchev–Trinajstić information content (AvgIpc) is 3.44. The molecule has 0 bridgehead atoms. The van der Waals surface area contributed by atoms with E-state index < -0.39 is 30.5 Å². The van der Waals surface area contributed by atoms with E-state index in [1.807, 2.05) is 32.0 Å². The van der Waals surface area contributed by atoms with Crippen molar-refractivity contribution < 1.29 is 35.1 Å². The fourth-order valence-electron chi connectivity index (χ4n) is 4.39. The first-order chi connectivity index (χ1) is 20.2. The number of rotatable bonds is 20. The molecular weight excluding hydrogens is 566 g/mol. The molecule has 1 aliphatic heterocycles. The van der Waals surface area contributed by atoms with Gasteiger partial charge in [-0.2, -0.15) is 0 Å². The largest absolute Gasteiger partial charge is 0.480 e. The van der Waals surface area contributed by atoms with Gasteiger partial charge in [-0.15, -0.1) is 23.5 Å². The average molecular weight is 613 g/mol. The number of nitrogens with zero attached hydrogens (tertiary/aromatic N) is 1. The summed E-state index contributed by atoms with van der Waals surface area (Å²) in [6.07, 6.45) is 1.91. The molecule has 2 rings (SSSR count). The molecule has 10 nitrogen and oxygen atoms in total. The van der Waals surface area contributed by atoms with Gasteiger partial charge in [0.05, 0.1) is 13.2 Å². The quantitative estimate of drug-likeness (QED) is 0.150. The maximum Gasteiger partial charge on any atom is 0.326 e. The second-order valence-corrected chi connectivity index (χ2v) is 11.8. The molecule has 1 aromatic carbocycles. The third kappa shape index (κ3) is 13.1. The predicted octanol–water partition coefficient (Wildman–Crippen LogP) is 3.35. The molecule has 1 heterocycles. The zero-order chi connectivity index (χ0) is 30.9. The SMILES string of the molecule is [2H]C(CCCC(=O)N[C@@H](Cc1ccc(SCCOCC)c(SCCOCC)c1)C(=O)N1CCC[C@H]1C(=O)O)NC(C)=O. The molecule has 12 heteroatoms. The van der Waals surface area contributed by atoms with Crippen molar-refractivity contribution in [3.63, 3.8) is 0 Å². The first kappa shape index (κ1) is 33.2. The molecule has 0 radical (unpaired) electrons. The molecule has 0 saturated carbocycles. The number of carbonyl (C=O) groups is 4. The Hall–Kier alpha value is -2.28. The Balaban J connectivity index is 2.20. The van der Waals surface area contributed by atoms with E-state index in [4.69, 9.17) is 10.8 Å². The smallest absolute Gasteiger partial charge is 0.326 e. The number of carboxylic acid groups (broad SMARTS) is 1. The molecule has 1 saturated heterocycles. The molecule has 0 spiro atoms. The van der Waals surface area contributed by atoms with E-state index >= 15 is 0 Å². The Morgan fingerprint density at radius 2 is 1.78 bits per heavy atom. The highest BCUT2D eigenvalue weighted by Crippen LogP contribution is 2.32. The Bertz CT molecular complexity index is 1030. The monoisotopic (exact) mass is 612 g/mol. The topological polar surface area (TPSA) is 134 Å². The van der Waals surface area contributed by atoms with E-state index in [9.17, 15) is 24.3 Å². The van der Waals surface area contributed by atoms with Gasteiger partial charge in [-0.3, -0.25) is 14.4 Å². The van der Waals surface area contributed by atoms with Crippen LogP contribution < -0.4 is 10.6 Å². The molecule has 41 heavy (non-hydrogen) atoms. The van der Waals surface area contributed by atoms with Gasteiger partial charge in [0.1, 0.15) is 12.1 Å². The summed E-state index contributed by atoms with van der Waals surface area (Å²) in [5.74, 6) is -0.561. The highest BCUT2D eigenvalue weighted by Gasteiger charge is 2.37. The van der Waals surface area contributed by atoms with Gasteiger partial charge in [-0.05, 0) is 57.2 Å². The van der Waals surface area contributed by atoms with Gasteiger partial charge in [0, 0.05) is 68.7 Å². The Labute approximate surface area is 253 Å². The lowest BCUT2D eigenvalue weighted by Crippen LogP contribution is -2.52. The molecule has 230 valence electrons. The third-order valence-electron chi connectivity index (χ3n) is 6.34. The number of ether oxygens (including phenoxy) is 2. The van der Waals surface area contributed by atoms with Gasteiger partial charge in [0.25, 0.3) is 0 Å². The maximum absolute atomic E-state index is 13.6. The molecule has 1 aliphatic rings. The molecule has 0 aliphatic carbocycles. The van der Waals surface area contributed by atoms with Crippen LogP contribution in [0.4, 0.5) is 0 Å². The lowest BCUT2D eigenvalue weighted by atomic mass is 10.0. The highest BCUT2D eigenvalue weighted by atomic mass is 32.2. The number of amides is 3. The van der Waals surface area contributed by atoms with Crippen molar-refractivity contribution in [3.05, 3.63) is 23.8 Å². The predicted molar refractivity (Wildman–Crippen MR) is 161 cm³/mol. The summed E-state index contributed by atoms with van der Waals surface area (Å²) in [5.41, 5.74) is 0.852. The van der Waals surface area contributed by atoms with Crippen LogP contribution in [0.1, 0.15) is 59.8 Å². The summed E-state index contributed by atoms with van der Waals surface area (Å²) in [6, 6.07) is 4.15. The van der Waals surface area contributed by atoms with E-state index in [2.05, 4.69) is 10.6 Å². The zero-order valence-electron chi connectivity index (χ0n) is 25.3. The fraction of sp³-hybridized carbons (Fsp3) is 0.655. The number of benzene rings is 1. The number of hydrogen-bond donors (Lipinski definition) is 3. The van der Waals surface area contributed by atoms with E-state index in [0.717, 1.165) is 26.9 Å². The van der Waals surface area contributed by atoms with Gasteiger partial charge in [0.15, 0.2) is 0 Å². The molecule has 3 N–H and O–H groups in total. The second kappa shape index (κ2) is 19.8. The molecule has 0 aromatic heterocycles. The summed E-state index contributed by atoms with van der Waals surface area (Å²) >= 11 is 3.36. The van der Waals surface area contributed by atoms with Crippen molar-refractivity contribution >= 4 is 47.2 Å². The lowest BCUT2D eigenvalue weighted by Gasteiger charge is -2.27. The Morgan fingerprint density at radius 1 is 1.10 bits per heavy atom. The van der Waals surface area contributed by atoms with Crippen molar-refractivity contribution in [2.45, 2.75) is 81.2 Å². The van der Waals surface area contributed by atoms with Crippen molar-refractivity contribution in [2.75, 3.05) is 51.0 Å². The zero-order valence-corrected chi connectivity index (χ0v) is 25.9. The van der Waals surface area contributed by atoms with Gasteiger partial charge in [-0.1, -0.05) is 6.07 Å². The lowest BCUT2D eigenvalue weighted by molar-refractivity contribution is -0.149. The minimum Gasteiger partial charge on any atom is -0.480 e. The molecular formula is C29H45N3O7S2. The summed E-state index contributed by atoms with van der Waals surface area (Å²) in [7, 11) is 0. The van der Waals surface area contributed by atoms with Gasteiger partial charge < -0.3 is 30.1 Å². The van der Waals surface area contributed by atoms with Crippen molar-refractivity contribution in [1.29, 1.82) is 0 Å². The van der Waals surface area contributed by atoms with Crippen LogP contribution in [0.3, 0.4) is 0 Å². The molecule has 3 amide bonds. The van der Waals surface area contributed by atoms with Crippen LogP contribution in [-0.4, -0.2) is 96.8 Å². The number of hydrogen-bond acceptors (Lipinski definition) is 8. The van der Waals surface area contributed by atoms with Crippen LogP contribution in [0.2, 0.25) is 0 Å². The summed E-state index contributed by atoms with van der Waals surface area (Å²) < 4.78 is 18.8. The third-order valence-corrected chi connectivity index (χ3v) is 8.53.